The van der Waals surface area contributed by atoms with Crippen molar-refractivity contribution < 1.29 is 38.2 Å². The first-order chi connectivity index (χ1) is 25.6. The largest absolute Gasteiger partial charge is 0.544 e. The van der Waals surface area contributed by atoms with E-state index in [1.807, 2.05) is 0 Å². The molecule has 8 nitrogen and oxygen atoms in total. The van der Waals surface area contributed by atoms with Gasteiger partial charge in [-0.3, -0.25) is 9.59 Å². The molecule has 0 aromatic carbocycles. The molecule has 0 bridgehead atoms. The second kappa shape index (κ2) is 36.3. The number of nitrogens with zero attached hydrogens (tertiary/aromatic N) is 1. The lowest BCUT2D eigenvalue weighted by atomic mass is 10.1. The Bertz CT molecular complexity index is 1010. The number of hydrogen-bond donors (Lipinski definition) is 0. The minimum Gasteiger partial charge on any atom is -0.544 e. The van der Waals surface area contributed by atoms with Crippen molar-refractivity contribution >= 4 is 17.9 Å². The third kappa shape index (κ3) is 34.8. The van der Waals surface area contributed by atoms with Crippen LogP contribution >= 0.6 is 0 Å². The summed E-state index contributed by atoms with van der Waals surface area (Å²) in [5.74, 6) is -1.77. The van der Waals surface area contributed by atoms with Crippen LogP contribution in [0.4, 0.5) is 0 Å². The van der Waals surface area contributed by atoms with E-state index in [0.29, 0.717) is 12.8 Å². The van der Waals surface area contributed by atoms with Crippen LogP contribution in [-0.2, 0) is 28.6 Å². The van der Waals surface area contributed by atoms with Crippen molar-refractivity contribution in [3.63, 3.8) is 0 Å². The highest BCUT2D eigenvalue weighted by molar-refractivity contribution is 5.70. The molecule has 0 fully saturated rings. The Balaban J connectivity index is 4.41. The molecule has 0 rings (SSSR count). The Hall–Kier alpha value is -2.71. The van der Waals surface area contributed by atoms with Crippen LogP contribution in [-0.4, -0.2) is 75.5 Å². The van der Waals surface area contributed by atoms with Crippen LogP contribution < -0.4 is 5.11 Å². The molecule has 0 aromatic rings. The number of likely N-dealkylation sites (N-methyl/N-ethyl adjacent to an activating group) is 1. The zero-order valence-electron chi connectivity index (χ0n) is 34.7. The minimum absolute atomic E-state index is 0.0300. The molecular formula is C45H79NO7. The smallest absolute Gasteiger partial charge is 0.306 e. The lowest BCUT2D eigenvalue weighted by Gasteiger charge is -2.34. The van der Waals surface area contributed by atoms with E-state index in [4.69, 9.17) is 14.2 Å². The number of allylic oxidation sites excluding steroid dienone is 8. The Morgan fingerprint density at radius 3 is 1.62 bits per heavy atom. The summed E-state index contributed by atoms with van der Waals surface area (Å²) < 4.78 is 17.1. The third-order valence-electron chi connectivity index (χ3n) is 9.26. The highest BCUT2D eigenvalue weighted by Crippen LogP contribution is 2.13. The SMILES string of the molecule is CC/C=C/C=C/C=C/CCCCCCCCCC(=O)OCC(COCCC(C(=O)[O-])[N+](C)(C)C)OC(=O)CCCCC/C=C/CCCCCCCCC. The number of carboxylic acids is 1. The molecule has 306 valence electrons. The van der Waals surface area contributed by atoms with Gasteiger partial charge in [0.2, 0.25) is 0 Å². The summed E-state index contributed by atoms with van der Waals surface area (Å²) in [4.78, 5) is 36.8. The van der Waals surface area contributed by atoms with Gasteiger partial charge in [-0.25, -0.2) is 0 Å². The van der Waals surface area contributed by atoms with Crippen molar-refractivity contribution in [3.05, 3.63) is 48.6 Å². The van der Waals surface area contributed by atoms with Crippen molar-refractivity contribution in [2.75, 3.05) is 41.0 Å². The highest BCUT2D eigenvalue weighted by atomic mass is 16.6. The van der Waals surface area contributed by atoms with Crippen molar-refractivity contribution in [1.29, 1.82) is 0 Å². The Kier molecular flexibility index (Phi) is 34.4. The standard InChI is InChI=1S/C45H79NO7/c1-6-8-10-12-14-16-18-20-22-24-25-27-29-31-33-35-43(47)52-40-41(39-51-38-37-42(45(49)50)46(3,4)5)53-44(48)36-34-32-30-28-26-23-21-19-17-15-13-11-9-7-2/h8,10,12,14,16,18,23,26,41-42H,6-7,9,11,13,15,17,19-22,24-25,27-40H2,1-5H3/b10-8+,14-12+,18-16+,26-23+. The second-order valence-electron chi connectivity index (χ2n) is 15.3. The molecular weight excluding hydrogens is 666 g/mol. The predicted octanol–water partition coefficient (Wildman–Crippen LogP) is 9.91. The zero-order chi connectivity index (χ0) is 39.3. The van der Waals surface area contributed by atoms with Gasteiger partial charge in [-0.2, -0.15) is 0 Å². The summed E-state index contributed by atoms with van der Waals surface area (Å²) in [6.07, 6.45) is 41.3. The lowest BCUT2D eigenvalue weighted by molar-refractivity contribution is -0.889. The van der Waals surface area contributed by atoms with E-state index in [0.717, 1.165) is 64.2 Å². The van der Waals surface area contributed by atoms with E-state index in [1.54, 1.807) is 21.1 Å². The summed E-state index contributed by atoms with van der Waals surface area (Å²) in [6, 6.07) is -0.730. The van der Waals surface area contributed by atoms with Crippen LogP contribution in [0.15, 0.2) is 48.6 Å². The first-order valence-corrected chi connectivity index (χ1v) is 21.2. The number of hydrogen-bond acceptors (Lipinski definition) is 7. The van der Waals surface area contributed by atoms with Crippen molar-refractivity contribution in [2.45, 2.75) is 180 Å². The van der Waals surface area contributed by atoms with E-state index < -0.39 is 18.1 Å². The molecule has 0 spiro atoms. The highest BCUT2D eigenvalue weighted by Gasteiger charge is 2.25. The van der Waals surface area contributed by atoms with Gasteiger partial charge >= 0.3 is 11.9 Å². The third-order valence-corrected chi connectivity index (χ3v) is 9.26. The molecule has 0 aromatic heterocycles. The average molecular weight is 746 g/mol. The van der Waals surface area contributed by atoms with E-state index in [-0.39, 0.29) is 42.7 Å². The van der Waals surface area contributed by atoms with Crippen LogP contribution in [0.25, 0.3) is 0 Å². The number of carbonyl (C=O) groups excluding carboxylic acids is 3. The molecule has 8 heteroatoms. The predicted molar refractivity (Wildman–Crippen MR) is 217 cm³/mol. The summed E-state index contributed by atoms with van der Waals surface area (Å²) in [5.41, 5.74) is 0. The van der Waals surface area contributed by atoms with Gasteiger partial charge in [0.15, 0.2) is 6.10 Å². The Morgan fingerprint density at radius 2 is 1.08 bits per heavy atom. The molecule has 2 unspecified atom stereocenters. The molecule has 0 amide bonds. The number of ether oxygens (including phenoxy) is 3. The van der Waals surface area contributed by atoms with Crippen molar-refractivity contribution in [2.24, 2.45) is 0 Å². The van der Waals surface area contributed by atoms with E-state index >= 15 is 0 Å². The van der Waals surface area contributed by atoms with Gasteiger partial charge in [-0.15, -0.1) is 0 Å². The van der Waals surface area contributed by atoms with Gasteiger partial charge in [-0.05, 0) is 57.8 Å². The first kappa shape index (κ1) is 50.3. The van der Waals surface area contributed by atoms with Gasteiger partial charge < -0.3 is 28.6 Å². The molecule has 2 atom stereocenters. The summed E-state index contributed by atoms with van der Waals surface area (Å²) in [5, 5.41) is 11.6. The number of carbonyl (C=O) groups is 3. The number of unbranched alkanes of at least 4 members (excludes halogenated alkanes) is 17. The molecule has 0 aliphatic heterocycles. The number of carboxylic acid groups (broad SMARTS) is 1. The fourth-order valence-electron chi connectivity index (χ4n) is 5.95. The summed E-state index contributed by atoms with van der Waals surface area (Å²) in [7, 11) is 5.39. The normalized spacial score (nSPS) is 13.5. The number of esters is 2. The molecule has 0 saturated heterocycles. The monoisotopic (exact) mass is 746 g/mol. The molecule has 0 N–H and O–H groups in total. The van der Waals surface area contributed by atoms with Gasteiger partial charge in [0.25, 0.3) is 0 Å². The van der Waals surface area contributed by atoms with Crippen LogP contribution in [0.2, 0.25) is 0 Å². The first-order valence-electron chi connectivity index (χ1n) is 21.2. The summed E-state index contributed by atoms with van der Waals surface area (Å²) in [6.45, 7) is 4.49. The fraction of sp³-hybridized carbons (Fsp3) is 0.756. The molecule has 0 heterocycles. The minimum atomic E-state index is -1.13. The van der Waals surface area contributed by atoms with Crippen molar-refractivity contribution in [3.8, 4) is 0 Å². The van der Waals surface area contributed by atoms with Crippen LogP contribution in [0.1, 0.15) is 168 Å². The molecule has 53 heavy (non-hydrogen) atoms. The number of aliphatic carboxylic acids is 1. The molecule has 0 radical (unpaired) electrons. The molecule has 0 aliphatic rings. The van der Waals surface area contributed by atoms with E-state index in [2.05, 4.69) is 62.5 Å². The zero-order valence-corrected chi connectivity index (χ0v) is 34.7. The topological polar surface area (TPSA) is 102 Å². The van der Waals surface area contributed by atoms with Crippen LogP contribution in [0.3, 0.4) is 0 Å². The number of quaternary nitrogens is 1. The Morgan fingerprint density at radius 1 is 0.585 bits per heavy atom. The van der Waals surface area contributed by atoms with Gasteiger partial charge in [0, 0.05) is 19.3 Å². The Labute approximate surface area is 325 Å². The summed E-state index contributed by atoms with van der Waals surface area (Å²) >= 11 is 0. The van der Waals surface area contributed by atoms with Gasteiger partial charge in [0.05, 0.1) is 40.3 Å². The van der Waals surface area contributed by atoms with E-state index in [1.165, 1.54) is 70.6 Å². The molecule has 0 saturated carbocycles. The number of rotatable bonds is 37. The lowest BCUT2D eigenvalue weighted by Crippen LogP contribution is -2.55. The van der Waals surface area contributed by atoms with Crippen LogP contribution in [0.5, 0.6) is 0 Å². The van der Waals surface area contributed by atoms with E-state index in [9.17, 15) is 19.5 Å². The maximum atomic E-state index is 12.7. The fourth-order valence-corrected chi connectivity index (χ4v) is 5.95. The maximum absolute atomic E-state index is 12.7. The second-order valence-corrected chi connectivity index (χ2v) is 15.3. The van der Waals surface area contributed by atoms with Crippen LogP contribution in [0, 0.1) is 0 Å². The van der Waals surface area contributed by atoms with Gasteiger partial charge in [-0.1, -0.05) is 140 Å². The molecule has 0 aliphatic carbocycles. The van der Waals surface area contributed by atoms with Crippen molar-refractivity contribution in [1.82, 2.24) is 0 Å². The maximum Gasteiger partial charge on any atom is 0.306 e. The van der Waals surface area contributed by atoms with Gasteiger partial charge in [0.1, 0.15) is 12.6 Å². The quantitative estimate of drug-likeness (QED) is 0.0205. The average Bonchev–Trinajstić information content (AvgIpc) is 3.11.